The maximum absolute atomic E-state index is 15.0. The summed E-state index contributed by atoms with van der Waals surface area (Å²) in [5.74, 6) is -11.1. The molecular weight excluding hydrogens is 586 g/mol. The van der Waals surface area contributed by atoms with Gasteiger partial charge >= 0.3 is 18.2 Å². The molecular formula is C29H22F10O3. The molecule has 3 aromatic carbocycles. The number of hydrogen-bond donors (Lipinski definition) is 0. The fraction of sp³-hybridized carbons (Fsp3) is 0.310. The highest BCUT2D eigenvalue weighted by atomic mass is 19.3. The zero-order valence-corrected chi connectivity index (χ0v) is 21.7. The molecule has 0 aromatic heterocycles. The predicted octanol–water partition coefficient (Wildman–Crippen LogP) is 9.86. The van der Waals surface area contributed by atoms with Crippen LogP contribution in [0.4, 0.5) is 43.9 Å². The average molecular weight is 608 g/mol. The molecule has 0 N–H and O–H groups in total. The normalized spacial score (nSPS) is 17.2. The minimum atomic E-state index is -4.87. The van der Waals surface area contributed by atoms with Gasteiger partial charge in [-0.05, 0) is 54.5 Å². The van der Waals surface area contributed by atoms with Gasteiger partial charge in [-0.2, -0.15) is 22.0 Å². The fourth-order valence-electron chi connectivity index (χ4n) is 4.70. The van der Waals surface area contributed by atoms with Crippen LogP contribution in [0.1, 0.15) is 49.8 Å². The second-order valence-corrected chi connectivity index (χ2v) is 9.58. The Bertz CT molecular complexity index is 1430. The molecule has 2 atom stereocenters. The molecule has 0 aliphatic carbocycles. The topological polar surface area (TPSA) is 27.7 Å². The van der Waals surface area contributed by atoms with Crippen molar-refractivity contribution in [1.29, 1.82) is 0 Å². The Balaban J connectivity index is 1.55. The standard InChI is InChI=1S/C29H22F10O3/c1-2-3-14-4-7-24(40-13-14)15-5-6-18(19(30)8-15)16-9-20(31)25(21(32)10-16)29(38,39)42-17-11-22(33)26(23(34)12-17)41-28(37)27(35)36/h5-6,8-12,14,24H,2-4,7,13H2,1H3. The lowest BCUT2D eigenvalue weighted by atomic mass is 9.91. The third-order valence-electron chi connectivity index (χ3n) is 6.63. The van der Waals surface area contributed by atoms with Crippen molar-refractivity contribution in [3.05, 3.63) is 94.8 Å². The van der Waals surface area contributed by atoms with Gasteiger partial charge in [-0.1, -0.05) is 25.5 Å². The average Bonchev–Trinajstić information content (AvgIpc) is 2.90. The summed E-state index contributed by atoms with van der Waals surface area (Å²) < 4.78 is 153. The van der Waals surface area contributed by atoms with Gasteiger partial charge < -0.3 is 14.2 Å². The van der Waals surface area contributed by atoms with E-state index < -0.39 is 69.9 Å². The first kappa shape index (κ1) is 31.2. The van der Waals surface area contributed by atoms with Crippen LogP contribution in [0.25, 0.3) is 11.1 Å². The van der Waals surface area contributed by atoms with Crippen molar-refractivity contribution >= 4 is 0 Å². The number of halogens is 10. The van der Waals surface area contributed by atoms with Crippen molar-refractivity contribution in [2.45, 2.75) is 44.8 Å². The number of benzene rings is 3. The zero-order chi connectivity index (χ0) is 30.8. The van der Waals surface area contributed by atoms with E-state index in [4.69, 9.17) is 4.74 Å². The number of hydrogen-bond acceptors (Lipinski definition) is 3. The summed E-state index contributed by atoms with van der Waals surface area (Å²) in [4.78, 5) is 0. The van der Waals surface area contributed by atoms with Gasteiger partial charge in [0.15, 0.2) is 11.6 Å². The molecule has 1 saturated heterocycles. The monoisotopic (exact) mass is 608 g/mol. The van der Waals surface area contributed by atoms with Gasteiger partial charge in [0.2, 0.25) is 5.75 Å². The molecule has 0 spiro atoms. The lowest BCUT2D eigenvalue weighted by Crippen LogP contribution is -2.25. The maximum atomic E-state index is 15.0. The lowest BCUT2D eigenvalue weighted by Gasteiger charge is -2.29. The van der Waals surface area contributed by atoms with E-state index in [9.17, 15) is 43.9 Å². The van der Waals surface area contributed by atoms with Crippen molar-refractivity contribution in [3.63, 3.8) is 0 Å². The highest BCUT2D eigenvalue weighted by Gasteiger charge is 2.42. The quantitative estimate of drug-likeness (QED) is 0.179. The highest BCUT2D eigenvalue weighted by Crippen LogP contribution is 2.40. The fourth-order valence-corrected chi connectivity index (χ4v) is 4.70. The Morgan fingerprint density at radius 2 is 1.50 bits per heavy atom. The van der Waals surface area contributed by atoms with Crippen molar-refractivity contribution < 1.29 is 58.1 Å². The van der Waals surface area contributed by atoms with E-state index in [1.807, 2.05) is 0 Å². The molecule has 0 amide bonds. The molecule has 0 bridgehead atoms. The van der Waals surface area contributed by atoms with Gasteiger partial charge in [0.05, 0.1) is 12.7 Å². The number of alkyl halides is 2. The van der Waals surface area contributed by atoms with Gasteiger partial charge in [-0.3, -0.25) is 0 Å². The molecule has 0 radical (unpaired) electrons. The highest BCUT2D eigenvalue weighted by molar-refractivity contribution is 5.65. The summed E-state index contributed by atoms with van der Waals surface area (Å²) in [7, 11) is 0. The molecule has 13 heteroatoms. The molecule has 226 valence electrons. The van der Waals surface area contributed by atoms with E-state index in [0.717, 1.165) is 25.3 Å². The zero-order valence-electron chi connectivity index (χ0n) is 21.7. The van der Waals surface area contributed by atoms with Crippen LogP contribution in [0, 0.1) is 35.0 Å². The van der Waals surface area contributed by atoms with Crippen molar-refractivity contribution in [3.8, 4) is 22.6 Å². The molecule has 1 heterocycles. The number of rotatable bonds is 9. The van der Waals surface area contributed by atoms with Crippen LogP contribution in [-0.4, -0.2) is 6.61 Å². The predicted molar refractivity (Wildman–Crippen MR) is 130 cm³/mol. The van der Waals surface area contributed by atoms with Crippen LogP contribution >= 0.6 is 0 Å². The smallest absolute Gasteiger partial charge is 0.429 e. The number of ether oxygens (including phenoxy) is 3. The minimum absolute atomic E-state index is 0.00314. The lowest BCUT2D eigenvalue weighted by molar-refractivity contribution is -0.189. The Labute approximate surface area is 233 Å². The van der Waals surface area contributed by atoms with E-state index in [-0.39, 0.29) is 23.8 Å². The molecule has 1 fully saturated rings. The summed E-state index contributed by atoms with van der Waals surface area (Å²) in [6.45, 7) is 2.58. The minimum Gasteiger partial charge on any atom is -0.429 e. The summed E-state index contributed by atoms with van der Waals surface area (Å²) in [5.41, 5.74) is -2.17. The summed E-state index contributed by atoms with van der Waals surface area (Å²) in [6, 6.07) is 2.08. The van der Waals surface area contributed by atoms with Gasteiger partial charge in [0, 0.05) is 17.7 Å². The van der Waals surface area contributed by atoms with E-state index in [1.165, 1.54) is 12.1 Å². The summed E-state index contributed by atoms with van der Waals surface area (Å²) >= 11 is 0. The summed E-state index contributed by atoms with van der Waals surface area (Å²) in [5, 5.41) is 0. The van der Waals surface area contributed by atoms with Gasteiger partial charge in [0.1, 0.15) is 28.8 Å². The van der Waals surface area contributed by atoms with Crippen molar-refractivity contribution in [2.75, 3.05) is 6.61 Å². The first-order valence-corrected chi connectivity index (χ1v) is 12.7. The Kier molecular flexibility index (Phi) is 9.39. The SMILES string of the molecule is CCCC1CCC(c2ccc(-c3cc(F)c(C(F)(F)Oc4cc(F)c(OC(F)=C(F)F)c(F)c4)c(F)c3)c(F)c2)OC1. The van der Waals surface area contributed by atoms with Gasteiger partial charge in [-0.15, -0.1) is 0 Å². The Morgan fingerprint density at radius 1 is 0.857 bits per heavy atom. The van der Waals surface area contributed by atoms with E-state index in [0.29, 0.717) is 36.6 Å². The van der Waals surface area contributed by atoms with Crippen LogP contribution < -0.4 is 9.47 Å². The van der Waals surface area contributed by atoms with Crippen LogP contribution in [0.5, 0.6) is 11.5 Å². The van der Waals surface area contributed by atoms with Crippen LogP contribution in [-0.2, 0) is 10.8 Å². The Morgan fingerprint density at radius 3 is 2.02 bits per heavy atom. The van der Waals surface area contributed by atoms with Crippen LogP contribution in [0.2, 0.25) is 0 Å². The van der Waals surface area contributed by atoms with Crippen LogP contribution in [0.3, 0.4) is 0 Å². The van der Waals surface area contributed by atoms with Crippen molar-refractivity contribution in [1.82, 2.24) is 0 Å². The third kappa shape index (κ3) is 6.83. The molecule has 1 aliphatic rings. The molecule has 4 rings (SSSR count). The molecule has 1 aliphatic heterocycles. The molecule has 2 unspecified atom stereocenters. The molecule has 42 heavy (non-hydrogen) atoms. The maximum Gasteiger partial charge on any atom is 0.432 e. The van der Waals surface area contributed by atoms with Gasteiger partial charge in [0.25, 0.3) is 0 Å². The second-order valence-electron chi connectivity index (χ2n) is 9.58. The third-order valence-corrected chi connectivity index (χ3v) is 6.63. The van der Waals surface area contributed by atoms with Crippen LogP contribution in [0.15, 0.2) is 54.6 Å². The molecule has 3 nitrogen and oxygen atoms in total. The van der Waals surface area contributed by atoms with Crippen molar-refractivity contribution in [2.24, 2.45) is 5.92 Å². The van der Waals surface area contributed by atoms with E-state index >= 15 is 0 Å². The summed E-state index contributed by atoms with van der Waals surface area (Å²) in [6.07, 6.45) is -4.73. The molecule has 0 saturated carbocycles. The first-order chi connectivity index (χ1) is 19.8. The largest absolute Gasteiger partial charge is 0.432 e. The second kappa shape index (κ2) is 12.6. The van der Waals surface area contributed by atoms with E-state index in [2.05, 4.69) is 16.4 Å². The Hall–Kier alpha value is -3.74. The first-order valence-electron chi connectivity index (χ1n) is 12.7. The molecule has 3 aromatic rings. The van der Waals surface area contributed by atoms with Gasteiger partial charge in [-0.25, -0.2) is 22.0 Å². The van der Waals surface area contributed by atoms with E-state index in [1.54, 1.807) is 0 Å².